The normalized spacial score (nSPS) is 15.4. The van der Waals surface area contributed by atoms with E-state index < -0.39 is 23.6 Å². The quantitative estimate of drug-likeness (QED) is 0.390. The van der Waals surface area contributed by atoms with E-state index in [9.17, 15) is 14.4 Å². The fourth-order valence-electron chi connectivity index (χ4n) is 2.47. The van der Waals surface area contributed by atoms with Crippen LogP contribution in [0.25, 0.3) is 6.08 Å². The van der Waals surface area contributed by atoms with Gasteiger partial charge in [0.05, 0.1) is 12.0 Å². The van der Waals surface area contributed by atoms with E-state index in [-0.39, 0.29) is 4.91 Å². The van der Waals surface area contributed by atoms with Gasteiger partial charge < -0.3 is 10.5 Å². The molecule has 0 spiro atoms. The number of nitrogens with zero attached hydrogens (tertiary/aromatic N) is 1. The van der Waals surface area contributed by atoms with Crippen LogP contribution in [0.15, 0.2) is 47.4 Å². The van der Waals surface area contributed by atoms with Crippen LogP contribution in [0.1, 0.15) is 11.1 Å². The summed E-state index contributed by atoms with van der Waals surface area (Å²) >= 11 is 5.16. The first-order valence-electron chi connectivity index (χ1n) is 8.04. The number of halogens is 2. The van der Waals surface area contributed by atoms with Gasteiger partial charge in [0.1, 0.15) is 18.9 Å². The average Bonchev–Trinajstić information content (AvgIpc) is 2.89. The summed E-state index contributed by atoms with van der Waals surface area (Å²) in [6.45, 7) is 0.0432. The molecule has 0 radical (unpaired) electrons. The molecule has 1 aliphatic heterocycles. The van der Waals surface area contributed by atoms with Gasteiger partial charge in [-0.2, -0.15) is 0 Å². The highest BCUT2D eigenvalue weighted by Crippen LogP contribution is 2.34. The summed E-state index contributed by atoms with van der Waals surface area (Å²) in [7, 11) is 0. The Morgan fingerprint density at radius 1 is 1.14 bits per heavy atom. The number of primary amides is 1. The van der Waals surface area contributed by atoms with Crippen molar-refractivity contribution in [3.8, 4) is 5.75 Å². The van der Waals surface area contributed by atoms with Crippen LogP contribution in [0, 0.1) is 7.14 Å². The van der Waals surface area contributed by atoms with Crippen LogP contribution in [0.2, 0.25) is 0 Å². The van der Waals surface area contributed by atoms with Gasteiger partial charge in [0.25, 0.3) is 11.1 Å². The smallest absolute Gasteiger partial charge is 0.294 e. The van der Waals surface area contributed by atoms with E-state index in [0.29, 0.717) is 6.61 Å². The van der Waals surface area contributed by atoms with Crippen molar-refractivity contribution >= 4 is 80.1 Å². The minimum Gasteiger partial charge on any atom is -0.487 e. The van der Waals surface area contributed by atoms with Crippen LogP contribution in [0.3, 0.4) is 0 Å². The van der Waals surface area contributed by atoms with Gasteiger partial charge in [-0.1, -0.05) is 30.3 Å². The zero-order valence-corrected chi connectivity index (χ0v) is 19.5. The largest absolute Gasteiger partial charge is 0.487 e. The molecule has 144 valence electrons. The maximum Gasteiger partial charge on any atom is 0.294 e. The third kappa shape index (κ3) is 5.06. The molecule has 2 aromatic carbocycles. The number of thioether (sulfide) groups is 1. The second-order valence-corrected chi connectivity index (χ2v) is 9.14. The molecule has 1 fully saturated rings. The summed E-state index contributed by atoms with van der Waals surface area (Å²) in [4.78, 5) is 36.4. The molecule has 9 heteroatoms. The summed E-state index contributed by atoms with van der Waals surface area (Å²) in [5.74, 6) is -0.472. The molecule has 3 rings (SSSR count). The first-order chi connectivity index (χ1) is 13.3. The van der Waals surface area contributed by atoms with Crippen LogP contribution in [-0.2, 0) is 16.2 Å². The van der Waals surface area contributed by atoms with E-state index in [1.54, 1.807) is 6.08 Å². The molecule has 28 heavy (non-hydrogen) atoms. The number of nitrogens with two attached hydrogens (primary N) is 1. The minimum atomic E-state index is -0.729. The molecule has 0 aromatic heterocycles. The summed E-state index contributed by atoms with van der Waals surface area (Å²) in [6.07, 6.45) is 1.64. The monoisotopic (exact) mass is 620 g/mol. The minimum absolute atomic E-state index is 0.260. The second kappa shape index (κ2) is 9.27. The highest BCUT2D eigenvalue weighted by Gasteiger charge is 2.35. The first kappa shape index (κ1) is 21.1. The molecular formula is C19H14I2N2O4S. The van der Waals surface area contributed by atoms with Crippen LogP contribution in [0.4, 0.5) is 4.79 Å². The Kier molecular flexibility index (Phi) is 6.99. The van der Waals surface area contributed by atoms with Crippen LogP contribution < -0.4 is 10.5 Å². The third-order valence-corrected chi connectivity index (χ3v) is 6.24. The highest BCUT2D eigenvalue weighted by atomic mass is 127. The second-order valence-electron chi connectivity index (χ2n) is 5.82. The zero-order valence-electron chi connectivity index (χ0n) is 14.4. The van der Waals surface area contributed by atoms with E-state index in [2.05, 4.69) is 45.2 Å². The number of ether oxygens (including phenoxy) is 1. The Labute approximate surface area is 193 Å². The number of rotatable bonds is 6. The maximum atomic E-state index is 12.3. The summed E-state index contributed by atoms with van der Waals surface area (Å²) < 4.78 is 7.74. The van der Waals surface area contributed by atoms with Crippen LogP contribution in [-0.4, -0.2) is 28.5 Å². The van der Waals surface area contributed by atoms with Crippen LogP contribution in [0.5, 0.6) is 5.75 Å². The van der Waals surface area contributed by atoms with Gasteiger partial charge >= 0.3 is 0 Å². The Bertz CT molecular complexity index is 956. The van der Waals surface area contributed by atoms with Crippen molar-refractivity contribution in [2.75, 3.05) is 6.54 Å². The van der Waals surface area contributed by atoms with Gasteiger partial charge in [0.15, 0.2) is 0 Å². The summed E-state index contributed by atoms with van der Waals surface area (Å²) in [5, 5.41) is -0.498. The molecule has 3 amide bonds. The average molecular weight is 620 g/mol. The van der Waals surface area contributed by atoms with E-state index in [0.717, 1.165) is 40.7 Å². The lowest BCUT2D eigenvalue weighted by molar-refractivity contribution is -0.127. The lowest BCUT2D eigenvalue weighted by Crippen LogP contribution is -2.36. The number of hydrogen-bond acceptors (Lipinski definition) is 5. The SMILES string of the molecule is NC(=O)CN1C(=O)S/C(=C\c2cc(I)c(OCc3ccccc3)c(I)c2)C1=O. The van der Waals surface area contributed by atoms with Gasteiger partial charge in [0, 0.05) is 0 Å². The fourth-order valence-corrected chi connectivity index (χ4v) is 5.44. The Morgan fingerprint density at radius 3 is 2.39 bits per heavy atom. The lowest BCUT2D eigenvalue weighted by Gasteiger charge is -2.12. The maximum absolute atomic E-state index is 12.3. The zero-order chi connectivity index (χ0) is 20.3. The molecule has 1 saturated heterocycles. The third-order valence-electron chi connectivity index (χ3n) is 3.73. The number of imide groups is 1. The molecule has 0 aliphatic carbocycles. The molecule has 2 N–H and O–H groups in total. The first-order valence-corrected chi connectivity index (χ1v) is 11.0. The van der Waals surface area contributed by atoms with E-state index >= 15 is 0 Å². The summed E-state index contributed by atoms with van der Waals surface area (Å²) in [5.41, 5.74) is 6.93. The Hall–Kier alpha value is -1.60. The topological polar surface area (TPSA) is 89.7 Å². The van der Waals surface area contributed by atoms with Crippen molar-refractivity contribution in [3.63, 3.8) is 0 Å². The molecule has 0 unspecified atom stereocenters. The van der Waals surface area contributed by atoms with Crippen molar-refractivity contribution in [2.24, 2.45) is 5.73 Å². The molecular weight excluding hydrogens is 606 g/mol. The van der Waals surface area contributed by atoms with Gasteiger partial charge in [-0.3, -0.25) is 19.3 Å². The number of hydrogen-bond donors (Lipinski definition) is 1. The fraction of sp³-hybridized carbons (Fsp3) is 0.105. The Balaban J connectivity index is 1.79. The van der Waals surface area contributed by atoms with Crippen molar-refractivity contribution in [2.45, 2.75) is 6.61 Å². The van der Waals surface area contributed by atoms with E-state index in [4.69, 9.17) is 10.5 Å². The number of carbonyl (C=O) groups is 3. The van der Waals surface area contributed by atoms with Gasteiger partial charge in [-0.05, 0) is 86.3 Å². The van der Waals surface area contributed by atoms with Gasteiger partial charge in [0.2, 0.25) is 5.91 Å². The molecule has 0 atom stereocenters. The molecule has 1 aliphatic rings. The molecule has 0 bridgehead atoms. The summed E-state index contributed by atoms with van der Waals surface area (Å²) in [6, 6.07) is 13.6. The van der Waals surface area contributed by atoms with E-state index in [1.807, 2.05) is 42.5 Å². The van der Waals surface area contributed by atoms with Gasteiger partial charge in [-0.15, -0.1) is 0 Å². The van der Waals surface area contributed by atoms with E-state index in [1.165, 1.54) is 0 Å². The standard InChI is InChI=1S/C19H14I2N2O4S/c20-13-6-12(8-15-18(25)23(9-16(22)24)19(26)28-15)7-14(21)17(13)27-10-11-4-2-1-3-5-11/h1-8H,9-10H2,(H2,22,24)/b15-8-. The van der Waals surface area contributed by atoms with Crippen LogP contribution >= 0.6 is 56.9 Å². The molecule has 6 nitrogen and oxygen atoms in total. The van der Waals surface area contributed by atoms with Crippen molar-refractivity contribution in [3.05, 3.63) is 65.6 Å². The van der Waals surface area contributed by atoms with Crippen molar-refractivity contribution < 1.29 is 19.1 Å². The molecule has 1 heterocycles. The van der Waals surface area contributed by atoms with Gasteiger partial charge in [-0.25, -0.2) is 0 Å². The highest BCUT2D eigenvalue weighted by molar-refractivity contribution is 14.1. The Morgan fingerprint density at radius 2 is 1.79 bits per heavy atom. The van der Waals surface area contributed by atoms with Crippen molar-refractivity contribution in [1.82, 2.24) is 4.90 Å². The molecule has 0 saturated carbocycles. The lowest BCUT2D eigenvalue weighted by atomic mass is 10.2. The number of benzene rings is 2. The molecule has 2 aromatic rings. The predicted molar refractivity (Wildman–Crippen MR) is 125 cm³/mol. The predicted octanol–water partition coefficient (Wildman–Crippen LogP) is 4.00. The van der Waals surface area contributed by atoms with Crippen molar-refractivity contribution in [1.29, 1.82) is 0 Å². The number of carbonyl (C=O) groups excluding carboxylic acids is 3. The number of amides is 3.